The maximum Gasteiger partial charge on any atom is 0.0401 e. The molecule has 0 bridgehead atoms. The van der Waals surface area contributed by atoms with Crippen LogP contribution in [-0.4, -0.2) is 6.04 Å². The zero-order chi connectivity index (χ0) is 12.1. The van der Waals surface area contributed by atoms with E-state index in [0.717, 1.165) is 12.8 Å². The van der Waals surface area contributed by atoms with Crippen LogP contribution in [0.5, 0.6) is 0 Å². The summed E-state index contributed by atoms with van der Waals surface area (Å²) in [6.45, 7) is 12.5. The van der Waals surface area contributed by atoms with Crippen molar-refractivity contribution in [3.05, 3.63) is 41.5 Å². The monoisotopic (exact) mass is 217 g/mol. The van der Waals surface area contributed by atoms with Crippen LogP contribution in [0, 0.1) is 20.8 Å². The second-order valence-electron chi connectivity index (χ2n) is 4.69. The molecule has 1 N–H and O–H groups in total. The molecule has 0 aliphatic heterocycles. The van der Waals surface area contributed by atoms with Crippen molar-refractivity contribution in [2.24, 2.45) is 0 Å². The van der Waals surface area contributed by atoms with E-state index in [9.17, 15) is 0 Å². The number of aryl methyl sites for hydroxylation is 3. The zero-order valence-electron chi connectivity index (χ0n) is 10.9. The average molecular weight is 217 g/mol. The third-order valence-electron chi connectivity index (χ3n) is 2.87. The highest BCUT2D eigenvalue weighted by Crippen LogP contribution is 2.23. The SMILES string of the molecule is C=CCCC(C)Nc1c(C)cc(C)cc1C. The maximum atomic E-state index is 3.76. The van der Waals surface area contributed by atoms with E-state index in [1.165, 1.54) is 22.4 Å². The summed E-state index contributed by atoms with van der Waals surface area (Å²) in [4.78, 5) is 0. The second-order valence-corrected chi connectivity index (χ2v) is 4.69. The molecule has 0 aliphatic carbocycles. The lowest BCUT2D eigenvalue weighted by Crippen LogP contribution is -2.16. The van der Waals surface area contributed by atoms with Crippen LogP contribution in [0.2, 0.25) is 0 Å². The highest BCUT2D eigenvalue weighted by atomic mass is 14.9. The maximum absolute atomic E-state index is 3.76. The van der Waals surface area contributed by atoms with E-state index in [1.54, 1.807) is 0 Å². The fourth-order valence-electron chi connectivity index (χ4n) is 2.09. The van der Waals surface area contributed by atoms with E-state index in [1.807, 2.05) is 6.08 Å². The average Bonchev–Trinajstić information content (AvgIpc) is 2.20. The first-order valence-corrected chi connectivity index (χ1v) is 6.00. The van der Waals surface area contributed by atoms with Crippen LogP contribution < -0.4 is 5.32 Å². The van der Waals surface area contributed by atoms with Gasteiger partial charge in [0.2, 0.25) is 0 Å². The third kappa shape index (κ3) is 3.41. The minimum Gasteiger partial charge on any atom is -0.382 e. The minimum absolute atomic E-state index is 0.498. The van der Waals surface area contributed by atoms with Gasteiger partial charge < -0.3 is 5.32 Å². The first-order chi connectivity index (χ1) is 7.54. The molecule has 0 spiro atoms. The topological polar surface area (TPSA) is 12.0 Å². The van der Waals surface area contributed by atoms with Crippen molar-refractivity contribution in [1.82, 2.24) is 0 Å². The molecule has 1 nitrogen and oxygen atoms in total. The molecule has 0 aromatic heterocycles. The number of anilines is 1. The largest absolute Gasteiger partial charge is 0.382 e. The highest BCUT2D eigenvalue weighted by molar-refractivity contribution is 5.58. The Morgan fingerprint density at radius 1 is 1.25 bits per heavy atom. The Labute approximate surface area is 99.6 Å². The van der Waals surface area contributed by atoms with Gasteiger partial charge in [-0.3, -0.25) is 0 Å². The van der Waals surface area contributed by atoms with Gasteiger partial charge in [0.15, 0.2) is 0 Å². The summed E-state index contributed by atoms with van der Waals surface area (Å²) in [5, 5.41) is 3.59. The normalized spacial score (nSPS) is 12.2. The summed E-state index contributed by atoms with van der Waals surface area (Å²) >= 11 is 0. The van der Waals surface area contributed by atoms with E-state index < -0.39 is 0 Å². The Bertz CT molecular complexity index is 343. The van der Waals surface area contributed by atoms with Crippen molar-refractivity contribution >= 4 is 5.69 Å². The summed E-state index contributed by atoms with van der Waals surface area (Å²) in [7, 11) is 0. The molecule has 1 unspecified atom stereocenters. The second kappa shape index (κ2) is 5.74. The lowest BCUT2D eigenvalue weighted by Gasteiger charge is -2.19. The fraction of sp³-hybridized carbons (Fsp3) is 0.467. The van der Waals surface area contributed by atoms with Gasteiger partial charge in [0, 0.05) is 11.7 Å². The molecule has 1 aromatic carbocycles. The standard InChI is InChI=1S/C15H23N/c1-6-7-8-14(5)16-15-12(3)9-11(2)10-13(15)4/h6,9-10,14,16H,1,7-8H2,2-5H3. The van der Waals surface area contributed by atoms with E-state index >= 15 is 0 Å². The highest BCUT2D eigenvalue weighted by Gasteiger charge is 2.06. The number of hydrogen-bond donors (Lipinski definition) is 1. The van der Waals surface area contributed by atoms with Gasteiger partial charge in [-0.1, -0.05) is 23.8 Å². The predicted molar refractivity (Wildman–Crippen MR) is 73.2 cm³/mol. The molecule has 1 aromatic rings. The van der Waals surface area contributed by atoms with E-state index in [0.29, 0.717) is 6.04 Å². The van der Waals surface area contributed by atoms with Gasteiger partial charge in [0.1, 0.15) is 0 Å². The van der Waals surface area contributed by atoms with Crippen molar-refractivity contribution in [2.45, 2.75) is 46.6 Å². The molecule has 0 amide bonds. The van der Waals surface area contributed by atoms with Crippen LogP contribution in [0.1, 0.15) is 36.5 Å². The fourth-order valence-corrected chi connectivity index (χ4v) is 2.09. The quantitative estimate of drug-likeness (QED) is 0.722. The molecule has 1 atom stereocenters. The molecule has 1 heteroatoms. The molecule has 0 saturated heterocycles. The molecule has 0 aliphatic rings. The number of rotatable bonds is 5. The molecular formula is C15H23N. The van der Waals surface area contributed by atoms with Crippen LogP contribution in [0.15, 0.2) is 24.8 Å². The van der Waals surface area contributed by atoms with Gasteiger partial charge in [-0.25, -0.2) is 0 Å². The summed E-state index contributed by atoms with van der Waals surface area (Å²) < 4.78 is 0. The Hall–Kier alpha value is -1.24. The zero-order valence-corrected chi connectivity index (χ0v) is 10.9. The smallest absolute Gasteiger partial charge is 0.0401 e. The van der Waals surface area contributed by atoms with E-state index in [4.69, 9.17) is 0 Å². The van der Waals surface area contributed by atoms with Gasteiger partial charge in [-0.05, 0) is 51.7 Å². The summed E-state index contributed by atoms with van der Waals surface area (Å²) in [6, 6.07) is 4.96. The first kappa shape index (κ1) is 12.8. The lowest BCUT2D eigenvalue weighted by molar-refractivity contribution is 0.717. The van der Waals surface area contributed by atoms with Gasteiger partial charge in [-0.2, -0.15) is 0 Å². The molecule has 0 fully saturated rings. The lowest BCUT2D eigenvalue weighted by atomic mass is 10.0. The molecule has 88 valence electrons. The van der Waals surface area contributed by atoms with Crippen molar-refractivity contribution in [3.63, 3.8) is 0 Å². The van der Waals surface area contributed by atoms with Crippen molar-refractivity contribution in [1.29, 1.82) is 0 Å². The number of hydrogen-bond acceptors (Lipinski definition) is 1. The van der Waals surface area contributed by atoms with Gasteiger partial charge in [0.05, 0.1) is 0 Å². The minimum atomic E-state index is 0.498. The molecular weight excluding hydrogens is 194 g/mol. The van der Waals surface area contributed by atoms with Gasteiger partial charge in [0.25, 0.3) is 0 Å². The van der Waals surface area contributed by atoms with Crippen molar-refractivity contribution < 1.29 is 0 Å². The Balaban J connectivity index is 2.76. The van der Waals surface area contributed by atoms with Crippen LogP contribution in [0.4, 0.5) is 5.69 Å². The van der Waals surface area contributed by atoms with Gasteiger partial charge >= 0.3 is 0 Å². The first-order valence-electron chi connectivity index (χ1n) is 6.00. The van der Waals surface area contributed by atoms with Crippen LogP contribution in [0.25, 0.3) is 0 Å². The molecule has 1 rings (SSSR count). The number of benzene rings is 1. The molecule has 0 saturated carbocycles. The van der Waals surface area contributed by atoms with Crippen LogP contribution in [-0.2, 0) is 0 Å². The summed E-state index contributed by atoms with van der Waals surface area (Å²) in [6.07, 6.45) is 4.18. The number of nitrogens with one attached hydrogen (secondary N) is 1. The van der Waals surface area contributed by atoms with Crippen LogP contribution >= 0.6 is 0 Å². The third-order valence-corrected chi connectivity index (χ3v) is 2.87. The Kier molecular flexibility index (Phi) is 4.60. The predicted octanol–water partition coefficient (Wildman–Crippen LogP) is 4.38. The van der Waals surface area contributed by atoms with Crippen molar-refractivity contribution in [2.75, 3.05) is 5.32 Å². The van der Waals surface area contributed by atoms with E-state index in [2.05, 4.69) is 51.7 Å². The Morgan fingerprint density at radius 3 is 2.31 bits per heavy atom. The molecule has 0 heterocycles. The molecule has 0 radical (unpaired) electrons. The van der Waals surface area contributed by atoms with Crippen LogP contribution in [0.3, 0.4) is 0 Å². The summed E-state index contributed by atoms with van der Waals surface area (Å²) in [5.41, 5.74) is 5.30. The Morgan fingerprint density at radius 2 is 1.81 bits per heavy atom. The summed E-state index contributed by atoms with van der Waals surface area (Å²) in [5.74, 6) is 0. The van der Waals surface area contributed by atoms with Crippen molar-refractivity contribution in [3.8, 4) is 0 Å². The molecule has 16 heavy (non-hydrogen) atoms. The number of allylic oxidation sites excluding steroid dienone is 1. The van der Waals surface area contributed by atoms with Gasteiger partial charge in [-0.15, -0.1) is 6.58 Å². The van der Waals surface area contributed by atoms with E-state index in [-0.39, 0.29) is 0 Å².